The summed E-state index contributed by atoms with van der Waals surface area (Å²) in [7, 11) is 1.73. The smallest absolute Gasteiger partial charge is 0.387 e. The third kappa shape index (κ3) is 8.11. The van der Waals surface area contributed by atoms with E-state index in [1.807, 2.05) is 36.7 Å². The number of ether oxygens (including phenoxy) is 1. The number of carbonyl (C=O) groups is 1. The highest BCUT2D eigenvalue weighted by molar-refractivity contribution is 5.96. The Labute approximate surface area is 238 Å². The molecule has 4 rings (SSSR count). The average Bonchev–Trinajstić information content (AvgIpc) is 2.94. The van der Waals surface area contributed by atoms with Crippen molar-refractivity contribution in [3.63, 3.8) is 0 Å². The van der Waals surface area contributed by atoms with Gasteiger partial charge in [0.25, 0.3) is 5.91 Å². The first-order chi connectivity index (χ1) is 19.7. The number of likely N-dealkylation sites (N-methyl/N-ethyl adjacent to an activating group) is 1. The first-order valence-corrected chi connectivity index (χ1v) is 13.8. The highest BCUT2D eigenvalue weighted by Crippen LogP contribution is 2.23. The topological polar surface area (TPSA) is 104 Å². The van der Waals surface area contributed by atoms with E-state index in [9.17, 15) is 18.7 Å². The summed E-state index contributed by atoms with van der Waals surface area (Å²) >= 11 is 0. The molecule has 0 spiro atoms. The van der Waals surface area contributed by atoms with Crippen molar-refractivity contribution in [2.75, 3.05) is 38.5 Å². The molecule has 11 heteroatoms. The number of aryl methyl sites for hydroxylation is 2. The van der Waals surface area contributed by atoms with Crippen LogP contribution in [0, 0.1) is 6.92 Å². The summed E-state index contributed by atoms with van der Waals surface area (Å²) in [6.07, 6.45) is 5.41. The van der Waals surface area contributed by atoms with E-state index in [0.717, 1.165) is 29.9 Å². The molecule has 2 heterocycles. The zero-order valence-corrected chi connectivity index (χ0v) is 23.7. The Hall–Kier alpha value is -3.83. The molecule has 1 aromatic heterocycles. The van der Waals surface area contributed by atoms with Gasteiger partial charge < -0.3 is 29.9 Å². The normalized spacial score (nSPS) is 15.1. The molecule has 1 saturated heterocycles. The maximum absolute atomic E-state index is 13.2. The number of nitrogens with zero attached hydrogens (tertiary/aromatic N) is 4. The second-order valence-corrected chi connectivity index (χ2v) is 10.3. The summed E-state index contributed by atoms with van der Waals surface area (Å²) in [6.45, 7) is 3.99. The van der Waals surface area contributed by atoms with Crippen LogP contribution in [0.4, 0.5) is 20.3 Å². The molecule has 0 radical (unpaired) electrons. The van der Waals surface area contributed by atoms with E-state index in [2.05, 4.69) is 20.4 Å². The number of nitrogens with one attached hydrogen (secondary N) is 2. The summed E-state index contributed by atoms with van der Waals surface area (Å²) in [5.41, 5.74) is 2.91. The minimum atomic E-state index is -2.85. The number of anilines is 2. The Balaban J connectivity index is 1.46. The third-order valence-electron chi connectivity index (χ3n) is 7.22. The number of aliphatic hydroxyl groups is 1. The quantitative estimate of drug-likeness (QED) is 0.324. The van der Waals surface area contributed by atoms with Crippen LogP contribution < -0.4 is 20.9 Å². The summed E-state index contributed by atoms with van der Waals surface area (Å²) < 4.78 is 31.2. The van der Waals surface area contributed by atoms with Crippen molar-refractivity contribution in [2.45, 2.75) is 51.9 Å². The molecule has 9 nitrogen and oxygen atoms in total. The van der Waals surface area contributed by atoms with E-state index in [1.54, 1.807) is 36.3 Å². The average molecular weight is 569 g/mol. The van der Waals surface area contributed by atoms with Gasteiger partial charge in [-0.15, -0.1) is 0 Å². The molecule has 0 atom stereocenters. The molecule has 0 saturated carbocycles. The first kappa shape index (κ1) is 30.1. The van der Waals surface area contributed by atoms with Crippen molar-refractivity contribution >= 4 is 17.4 Å². The highest BCUT2D eigenvalue weighted by atomic mass is 19.3. The number of benzene rings is 2. The SMILES string of the molecule is CCn1ccnc(Nc2ccc(C(=O)N(C)CC3(O)CCNCC3)c(C)c2)/c1=N/CCc1ccc(OC(F)F)cc1. The van der Waals surface area contributed by atoms with Crippen molar-refractivity contribution in [1.82, 2.24) is 19.8 Å². The van der Waals surface area contributed by atoms with Crippen molar-refractivity contribution in [3.05, 3.63) is 77.0 Å². The third-order valence-corrected chi connectivity index (χ3v) is 7.22. The van der Waals surface area contributed by atoms with E-state index in [1.165, 1.54) is 12.1 Å². The highest BCUT2D eigenvalue weighted by Gasteiger charge is 2.32. The van der Waals surface area contributed by atoms with Gasteiger partial charge >= 0.3 is 6.61 Å². The Morgan fingerprint density at radius 2 is 1.98 bits per heavy atom. The molecule has 0 bridgehead atoms. The van der Waals surface area contributed by atoms with Crippen LogP contribution in [0.1, 0.15) is 41.3 Å². The number of alkyl halides is 2. The van der Waals surface area contributed by atoms with Gasteiger partial charge in [0.1, 0.15) is 5.75 Å². The minimum Gasteiger partial charge on any atom is -0.435 e. The lowest BCUT2D eigenvalue weighted by Crippen LogP contribution is -2.50. The van der Waals surface area contributed by atoms with Crippen LogP contribution in [-0.4, -0.2) is 70.9 Å². The van der Waals surface area contributed by atoms with Crippen LogP contribution in [0.15, 0.2) is 59.9 Å². The number of carbonyl (C=O) groups excluding carboxylic acids is 1. The summed E-state index contributed by atoms with van der Waals surface area (Å²) in [5, 5.41) is 17.4. The number of rotatable bonds is 11. The lowest BCUT2D eigenvalue weighted by atomic mass is 9.91. The second kappa shape index (κ2) is 13.7. The van der Waals surface area contributed by atoms with Gasteiger partial charge in [-0.2, -0.15) is 8.78 Å². The molecule has 1 fully saturated rings. The number of hydrogen-bond donors (Lipinski definition) is 3. The number of halogens is 2. The van der Waals surface area contributed by atoms with Crippen LogP contribution in [0.2, 0.25) is 0 Å². The summed E-state index contributed by atoms with van der Waals surface area (Å²) in [5.74, 6) is 0.572. The van der Waals surface area contributed by atoms with E-state index < -0.39 is 12.2 Å². The van der Waals surface area contributed by atoms with E-state index in [4.69, 9.17) is 4.99 Å². The lowest BCUT2D eigenvalue weighted by Gasteiger charge is -2.36. The monoisotopic (exact) mass is 568 g/mol. The Morgan fingerprint density at radius 3 is 2.63 bits per heavy atom. The van der Waals surface area contributed by atoms with Crippen molar-refractivity contribution in [2.24, 2.45) is 4.99 Å². The Kier molecular flexibility index (Phi) is 10.1. The zero-order chi connectivity index (χ0) is 29.4. The molecule has 2 aromatic carbocycles. The van der Waals surface area contributed by atoms with Crippen molar-refractivity contribution in [3.8, 4) is 5.75 Å². The maximum Gasteiger partial charge on any atom is 0.387 e. The molecule has 1 aliphatic rings. The Morgan fingerprint density at radius 1 is 1.24 bits per heavy atom. The fourth-order valence-corrected chi connectivity index (χ4v) is 4.98. The number of piperidine rings is 1. The van der Waals surface area contributed by atoms with Crippen molar-refractivity contribution in [1.29, 1.82) is 0 Å². The minimum absolute atomic E-state index is 0.122. The number of amides is 1. The Bertz CT molecular complexity index is 1390. The standard InChI is InChI=1S/C30H38F2N6O3/c1-4-38-18-17-34-26(27(38)35-14-11-22-5-8-24(9-6-22)41-29(31)32)36-23-7-10-25(21(2)19-23)28(39)37(3)20-30(40)12-15-33-16-13-30/h5-10,17-19,29,33,40H,4,11-16,20H2,1-3H3,(H,34,36)/b35-27-. The molecule has 0 unspecified atom stereocenters. The molecule has 3 aromatic rings. The van der Waals surface area contributed by atoms with Gasteiger partial charge in [0.05, 0.1) is 5.60 Å². The van der Waals surface area contributed by atoms with Gasteiger partial charge in [0.15, 0.2) is 11.3 Å². The van der Waals surface area contributed by atoms with Crippen LogP contribution in [0.5, 0.6) is 5.75 Å². The van der Waals surface area contributed by atoms with Crippen LogP contribution in [0.3, 0.4) is 0 Å². The molecule has 220 valence electrons. The predicted octanol–water partition coefficient (Wildman–Crippen LogP) is 3.89. The number of aromatic nitrogens is 2. The molecular formula is C30H38F2N6O3. The van der Waals surface area contributed by atoms with Crippen LogP contribution >= 0.6 is 0 Å². The predicted molar refractivity (Wildman–Crippen MR) is 154 cm³/mol. The van der Waals surface area contributed by atoms with E-state index >= 15 is 0 Å². The molecule has 1 amide bonds. The summed E-state index contributed by atoms with van der Waals surface area (Å²) in [6, 6.07) is 12.1. The van der Waals surface area contributed by atoms with Gasteiger partial charge in [0, 0.05) is 50.3 Å². The van der Waals surface area contributed by atoms with Gasteiger partial charge in [-0.25, -0.2) is 4.98 Å². The molecule has 0 aliphatic carbocycles. The zero-order valence-electron chi connectivity index (χ0n) is 23.7. The fourth-order valence-electron chi connectivity index (χ4n) is 4.98. The van der Waals surface area contributed by atoms with Gasteiger partial charge in [-0.1, -0.05) is 12.1 Å². The number of hydrogen-bond acceptors (Lipinski definition) is 7. The largest absolute Gasteiger partial charge is 0.435 e. The van der Waals surface area contributed by atoms with Gasteiger partial charge in [-0.3, -0.25) is 9.79 Å². The van der Waals surface area contributed by atoms with E-state index in [0.29, 0.717) is 49.2 Å². The van der Waals surface area contributed by atoms with Gasteiger partial charge in [0.2, 0.25) is 0 Å². The lowest BCUT2D eigenvalue weighted by molar-refractivity contribution is -0.0498. The summed E-state index contributed by atoms with van der Waals surface area (Å²) in [4.78, 5) is 24.1. The molecule has 41 heavy (non-hydrogen) atoms. The van der Waals surface area contributed by atoms with Crippen LogP contribution in [0.25, 0.3) is 0 Å². The molecule has 3 N–H and O–H groups in total. The maximum atomic E-state index is 13.2. The fraction of sp³-hybridized carbons (Fsp3) is 0.433. The van der Waals surface area contributed by atoms with E-state index in [-0.39, 0.29) is 18.2 Å². The van der Waals surface area contributed by atoms with Gasteiger partial charge in [-0.05, 0) is 87.7 Å². The molecular weight excluding hydrogens is 530 g/mol. The molecule has 1 aliphatic heterocycles. The second-order valence-electron chi connectivity index (χ2n) is 10.3. The van der Waals surface area contributed by atoms with Crippen LogP contribution in [-0.2, 0) is 13.0 Å². The van der Waals surface area contributed by atoms with Crippen molar-refractivity contribution < 1.29 is 23.4 Å². The first-order valence-electron chi connectivity index (χ1n) is 13.8.